The summed E-state index contributed by atoms with van der Waals surface area (Å²) in [6.45, 7) is 1.08. The number of aryl methyl sites for hydroxylation is 1. The molecule has 0 aliphatic rings. The van der Waals surface area contributed by atoms with Gasteiger partial charge in [0.25, 0.3) is 0 Å². The van der Waals surface area contributed by atoms with Gasteiger partial charge in [-0.15, -0.1) is 0 Å². The molecule has 0 heterocycles. The van der Waals surface area contributed by atoms with Crippen LogP contribution in [-0.4, -0.2) is 37.1 Å². The molecular weight excluding hydrogens is 316 g/mol. The summed E-state index contributed by atoms with van der Waals surface area (Å²) in [6.07, 6.45) is 2.17. The standard InChI is InChI=1S/C17H18O7/c1-2-22-14(18)10-11-15(19)23-12-17(21)24-16(20)9-8-13-6-4-3-5-7-13/h3-7,10-11H,2,8-9,12H2,1H3. The van der Waals surface area contributed by atoms with E-state index in [1.165, 1.54) is 0 Å². The molecule has 0 bridgehead atoms. The third-order valence-corrected chi connectivity index (χ3v) is 2.66. The highest BCUT2D eigenvalue weighted by Gasteiger charge is 2.12. The Morgan fingerprint density at radius 1 is 0.917 bits per heavy atom. The molecule has 0 saturated heterocycles. The van der Waals surface area contributed by atoms with E-state index >= 15 is 0 Å². The first-order valence-electron chi connectivity index (χ1n) is 7.30. The van der Waals surface area contributed by atoms with Gasteiger partial charge in [-0.1, -0.05) is 30.3 Å². The summed E-state index contributed by atoms with van der Waals surface area (Å²) >= 11 is 0. The molecular formula is C17H18O7. The van der Waals surface area contributed by atoms with Gasteiger partial charge in [0.15, 0.2) is 6.61 Å². The number of benzene rings is 1. The lowest BCUT2D eigenvalue weighted by Gasteiger charge is -2.04. The number of hydrogen-bond donors (Lipinski definition) is 0. The van der Waals surface area contributed by atoms with E-state index in [1.54, 1.807) is 6.92 Å². The normalized spacial score (nSPS) is 10.2. The summed E-state index contributed by atoms with van der Waals surface area (Å²) in [5, 5.41) is 0. The molecule has 128 valence electrons. The van der Waals surface area contributed by atoms with Gasteiger partial charge in [-0.3, -0.25) is 4.79 Å². The van der Waals surface area contributed by atoms with Crippen LogP contribution >= 0.6 is 0 Å². The number of hydrogen-bond acceptors (Lipinski definition) is 7. The summed E-state index contributed by atoms with van der Waals surface area (Å²) in [5.41, 5.74) is 0.942. The predicted octanol–water partition coefficient (Wildman–Crippen LogP) is 1.35. The fourth-order valence-corrected chi connectivity index (χ4v) is 1.60. The second kappa shape index (κ2) is 10.7. The highest BCUT2D eigenvalue weighted by atomic mass is 16.6. The van der Waals surface area contributed by atoms with Gasteiger partial charge in [0.1, 0.15) is 0 Å². The van der Waals surface area contributed by atoms with Crippen molar-refractivity contribution in [2.45, 2.75) is 19.8 Å². The van der Waals surface area contributed by atoms with Crippen LogP contribution in [0.1, 0.15) is 18.9 Å². The lowest BCUT2D eigenvalue weighted by atomic mass is 10.1. The minimum absolute atomic E-state index is 0.0342. The van der Waals surface area contributed by atoms with E-state index < -0.39 is 30.5 Å². The molecule has 0 aliphatic heterocycles. The fourth-order valence-electron chi connectivity index (χ4n) is 1.60. The molecule has 0 aliphatic carbocycles. The summed E-state index contributed by atoms with van der Waals surface area (Å²) < 4.78 is 13.6. The number of ether oxygens (including phenoxy) is 3. The van der Waals surface area contributed by atoms with Gasteiger partial charge in [0, 0.05) is 12.2 Å². The molecule has 1 aromatic carbocycles. The van der Waals surface area contributed by atoms with Crippen molar-refractivity contribution >= 4 is 23.9 Å². The van der Waals surface area contributed by atoms with Gasteiger partial charge in [-0.2, -0.15) is 0 Å². The van der Waals surface area contributed by atoms with Crippen molar-refractivity contribution in [3.8, 4) is 0 Å². The third kappa shape index (κ3) is 8.47. The van der Waals surface area contributed by atoms with Crippen LogP contribution in [0.25, 0.3) is 0 Å². The zero-order chi connectivity index (χ0) is 17.8. The topological polar surface area (TPSA) is 96.0 Å². The molecule has 0 aromatic heterocycles. The first-order chi connectivity index (χ1) is 11.5. The molecule has 0 unspecified atom stereocenters. The van der Waals surface area contributed by atoms with Crippen molar-refractivity contribution in [3.05, 3.63) is 48.0 Å². The van der Waals surface area contributed by atoms with E-state index in [1.807, 2.05) is 30.3 Å². The van der Waals surface area contributed by atoms with Crippen LogP contribution < -0.4 is 0 Å². The average Bonchev–Trinajstić information content (AvgIpc) is 2.57. The van der Waals surface area contributed by atoms with Crippen LogP contribution in [0.15, 0.2) is 42.5 Å². The molecule has 0 atom stereocenters. The molecule has 7 nitrogen and oxygen atoms in total. The number of carbonyl (C=O) groups excluding carboxylic acids is 4. The molecule has 1 aromatic rings. The first-order valence-corrected chi connectivity index (χ1v) is 7.30. The molecule has 1 rings (SSSR count). The Bertz CT molecular complexity index is 605. The zero-order valence-electron chi connectivity index (χ0n) is 13.2. The Kier molecular flexibility index (Phi) is 8.52. The Morgan fingerprint density at radius 3 is 2.17 bits per heavy atom. The minimum Gasteiger partial charge on any atom is -0.463 e. The quantitative estimate of drug-likeness (QED) is 0.306. The van der Waals surface area contributed by atoms with Gasteiger partial charge in [0.05, 0.1) is 13.0 Å². The van der Waals surface area contributed by atoms with Gasteiger partial charge >= 0.3 is 23.9 Å². The van der Waals surface area contributed by atoms with Crippen molar-refractivity contribution in [2.75, 3.05) is 13.2 Å². The molecule has 0 amide bonds. The Hall–Kier alpha value is -2.96. The molecule has 0 radical (unpaired) electrons. The van der Waals surface area contributed by atoms with E-state index in [0.29, 0.717) is 6.42 Å². The lowest BCUT2D eigenvalue weighted by molar-refractivity contribution is -0.165. The Labute approximate surface area is 139 Å². The van der Waals surface area contributed by atoms with Gasteiger partial charge in [-0.05, 0) is 18.9 Å². The first kappa shape index (κ1) is 19.1. The molecule has 0 saturated carbocycles. The van der Waals surface area contributed by atoms with E-state index in [0.717, 1.165) is 17.7 Å². The second-order valence-electron chi connectivity index (χ2n) is 4.52. The highest BCUT2D eigenvalue weighted by Crippen LogP contribution is 2.03. The molecule has 0 N–H and O–H groups in total. The predicted molar refractivity (Wildman–Crippen MR) is 82.6 cm³/mol. The molecule has 7 heteroatoms. The SMILES string of the molecule is CCOC(=O)C=CC(=O)OCC(=O)OC(=O)CCc1ccccc1. The summed E-state index contributed by atoms with van der Waals surface area (Å²) in [5.74, 6) is -3.31. The fraction of sp³-hybridized carbons (Fsp3) is 0.294. The maximum absolute atomic E-state index is 11.5. The van der Waals surface area contributed by atoms with Crippen LogP contribution in [0.4, 0.5) is 0 Å². The Morgan fingerprint density at radius 2 is 1.54 bits per heavy atom. The Balaban J connectivity index is 2.24. The van der Waals surface area contributed by atoms with E-state index in [4.69, 9.17) is 0 Å². The van der Waals surface area contributed by atoms with E-state index in [2.05, 4.69) is 14.2 Å². The van der Waals surface area contributed by atoms with Crippen LogP contribution in [-0.2, 0) is 39.8 Å². The number of esters is 4. The van der Waals surface area contributed by atoms with Crippen molar-refractivity contribution in [3.63, 3.8) is 0 Å². The van der Waals surface area contributed by atoms with Crippen LogP contribution in [0.3, 0.4) is 0 Å². The average molecular weight is 334 g/mol. The van der Waals surface area contributed by atoms with E-state index in [9.17, 15) is 19.2 Å². The van der Waals surface area contributed by atoms with Crippen molar-refractivity contribution in [1.29, 1.82) is 0 Å². The number of rotatable bonds is 8. The van der Waals surface area contributed by atoms with E-state index in [-0.39, 0.29) is 13.0 Å². The largest absolute Gasteiger partial charge is 0.463 e. The second-order valence-corrected chi connectivity index (χ2v) is 4.52. The lowest BCUT2D eigenvalue weighted by Crippen LogP contribution is -2.19. The molecule has 0 spiro atoms. The van der Waals surface area contributed by atoms with Crippen LogP contribution in [0.2, 0.25) is 0 Å². The van der Waals surface area contributed by atoms with Crippen molar-refractivity contribution < 1.29 is 33.4 Å². The summed E-state index contributed by atoms with van der Waals surface area (Å²) in [4.78, 5) is 45.1. The maximum Gasteiger partial charge on any atom is 0.351 e. The molecule has 24 heavy (non-hydrogen) atoms. The van der Waals surface area contributed by atoms with Gasteiger partial charge < -0.3 is 14.2 Å². The maximum atomic E-state index is 11.5. The third-order valence-electron chi connectivity index (χ3n) is 2.66. The summed E-state index contributed by atoms with van der Waals surface area (Å²) in [6, 6.07) is 9.25. The van der Waals surface area contributed by atoms with Crippen LogP contribution in [0, 0.1) is 0 Å². The zero-order valence-corrected chi connectivity index (χ0v) is 13.2. The summed E-state index contributed by atoms with van der Waals surface area (Å²) in [7, 11) is 0. The van der Waals surface area contributed by atoms with Crippen LogP contribution in [0.5, 0.6) is 0 Å². The number of carbonyl (C=O) groups is 4. The van der Waals surface area contributed by atoms with Crippen molar-refractivity contribution in [1.82, 2.24) is 0 Å². The monoisotopic (exact) mass is 334 g/mol. The smallest absolute Gasteiger partial charge is 0.351 e. The highest BCUT2D eigenvalue weighted by molar-refractivity contribution is 5.93. The minimum atomic E-state index is -0.981. The van der Waals surface area contributed by atoms with Gasteiger partial charge in [0.2, 0.25) is 0 Å². The van der Waals surface area contributed by atoms with Crippen molar-refractivity contribution in [2.24, 2.45) is 0 Å². The molecule has 0 fully saturated rings. The van der Waals surface area contributed by atoms with Gasteiger partial charge in [-0.25, -0.2) is 14.4 Å².